The van der Waals surface area contributed by atoms with Crippen LogP contribution in [0, 0.1) is 5.92 Å². The zero-order valence-corrected chi connectivity index (χ0v) is 16.8. The summed E-state index contributed by atoms with van der Waals surface area (Å²) in [4.78, 5) is 0. The molecule has 0 aromatic heterocycles. The topological polar surface area (TPSA) is 20.2 Å². The lowest BCUT2D eigenvalue weighted by molar-refractivity contribution is 0.00580. The van der Waals surface area contributed by atoms with Crippen molar-refractivity contribution in [3.05, 3.63) is 0 Å². The Labute approximate surface area is 147 Å². The molecular weight excluding hydrogens is 280 g/mol. The summed E-state index contributed by atoms with van der Waals surface area (Å²) in [7, 11) is 0. The normalized spacial score (nSPS) is 13.4. The summed E-state index contributed by atoms with van der Waals surface area (Å²) in [5, 5.41) is 10.5. The van der Waals surface area contributed by atoms with Crippen molar-refractivity contribution in [1.82, 2.24) is 0 Å². The Morgan fingerprint density at radius 2 is 1.09 bits per heavy atom. The highest BCUT2D eigenvalue weighted by molar-refractivity contribution is 4.78. The summed E-state index contributed by atoms with van der Waals surface area (Å²) in [5.41, 5.74) is -0.404. The van der Waals surface area contributed by atoms with Crippen LogP contribution < -0.4 is 0 Å². The lowest BCUT2D eigenvalue weighted by Crippen LogP contribution is -2.29. The Balaban J connectivity index is 3.51. The number of hydrogen-bond donors (Lipinski definition) is 1. The van der Waals surface area contributed by atoms with Crippen molar-refractivity contribution in [2.75, 3.05) is 0 Å². The van der Waals surface area contributed by atoms with E-state index in [2.05, 4.69) is 27.7 Å². The largest absolute Gasteiger partial charge is 0.390 e. The van der Waals surface area contributed by atoms with E-state index in [4.69, 9.17) is 0 Å². The zero-order valence-electron chi connectivity index (χ0n) is 16.8. The van der Waals surface area contributed by atoms with Crippen LogP contribution in [-0.2, 0) is 0 Å². The third kappa shape index (κ3) is 13.0. The Bertz CT molecular complexity index is 232. The van der Waals surface area contributed by atoms with E-state index in [1.807, 2.05) is 0 Å². The molecule has 0 aliphatic heterocycles. The molecule has 1 nitrogen and oxygen atoms in total. The van der Waals surface area contributed by atoms with Gasteiger partial charge in [0.25, 0.3) is 0 Å². The maximum atomic E-state index is 10.5. The number of hydrogen-bond acceptors (Lipinski definition) is 1. The molecule has 0 heterocycles. The van der Waals surface area contributed by atoms with Gasteiger partial charge in [0.2, 0.25) is 0 Å². The van der Waals surface area contributed by atoms with Gasteiger partial charge in [0.05, 0.1) is 5.60 Å². The maximum absolute atomic E-state index is 10.5. The van der Waals surface area contributed by atoms with E-state index in [0.717, 1.165) is 25.2 Å². The molecular formula is C22H46O. The molecule has 0 radical (unpaired) electrons. The van der Waals surface area contributed by atoms with Crippen molar-refractivity contribution in [2.45, 2.75) is 136 Å². The summed E-state index contributed by atoms with van der Waals surface area (Å²) >= 11 is 0. The number of aliphatic hydroxyl groups is 1. The van der Waals surface area contributed by atoms with Gasteiger partial charge in [-0.2, -0.15) is 0 Å². The van der Waals surface area contributed by atoms with E-state index in [1.54, 1.807) is 0 Å². The van der Waals surface area contributed by atoms with E-state index in [1.165, 1.54) is 83.5 Å². The summed E-state index contributed by atoms with van der Waals surface area (Å²) < 4.78 is 0. The molecule has 0 saturated heterocycles. The van der Waals surface area contributed by atoms with Crippen LogP contribution in [0.5, 0.6) is 0 Å². The van der Waals surface area contributed by atoms with Crippen LogP contribution in [0.3, 0.4) is 0 Å². The molecule has 140 valence electrons. The Hall–Kier alpha value is -0.0400. The number of rotatable bonds is 17. The smallest absolute Gasteiger partial charge is 0.0645 e. The molecule has 1 N–H and O–H groups in total. The van der Waals surface area contributed by atoms with Crippen molar-refractivity contribution < 1.29 is 5.11 Å². The minimum atomic E-state index is -0.404. The zero-order chi connectivity index (χ0) is 17.4. The fourth-order valence-electron chi connectivity index (χ4n) is 3.62. The average Bonchev–Trinajstić information content (AvgIpc) is 2.58. The first-order valence-electron chi connectivity index (χ1n) is 10.8. The summed E-state index contributed by atoms with van der Waals surface area (Å²) in [6.07, 6.45) is 20.9. The maximum Gasteiger partial charge on any atom is 0.0645 e. The Kier molecular flexibility index (Phi) is 15.5. The van der Waals surface area contributed by atoms with Gasteiger partial charge in [-0.25, -0.2) is 0 Å². The van der Waals surface area contributed by atoms with Crippen molar-refractivity contribution in [1.29, 1.82) is 0 Å². The summed E-state index contributed by atoms with van der Waals surface area (Å²) in [6, 6.07) is 0. The Morgan fingerprint density at radius 1 is 0.652 bits per heavy atom. The highest BCUT2D eigenvalue weighted by Crippen LogP contribution is 2.29. The first kappa shape index (κ1) is 23.0. The van der Waals surface area contributed by atoms with Crippen LogP contribution in [0.4, 0.5) is 0 Å². The van der Waals surface area contributed by atoms with Gasteiger partial charge in [-0.05, 0) is 25.2 Å². The van der Waals surface area contributed by atoms with Gasteiger partial charge >= 0.3 is 0 Å². The van der Waals surface area contributed by atoms with Crippen molar-refractivity contribution >= 4 is 0 Å². The highest BCUT2D eigenvalue weighted by atomic mass is 16.3. The van der Waals surface area contributed by atoms with Gasteiger partial charge in [-0.3, -0.25) is 0 Å². The van der Waals surface area contributed by atoms with Gasteiger partial charge in [-0.15, -0.1) is 0 Å². The molecule has 1 heteroatoms. The molecule has 0 aromatic rings. The molecule has 1 atom stereocenters. The van der Waals surface area contributed by atoms with Gasteiger partial charge < -0.3 is 5.11 Å². The molecule has 1 unspecified atom stereocenters. The van der Waals surface area contributed by atoms with Crippen LogP contribution in [0.2, 0.25) is 0 Å². The minimum Gasteiger partial charge on any atom is -0.390 e. The summed E-state index contributed by atoms with van der Waals surface area (Å²) in [6.45, 7) is 8.82. The number of unbranched alkanes of at least 4 members (excludes halogenated alkanes) is 10. The van der Waals surface area contributed by atoms with Gasteiger partial charge in [0, 0.05) is 0 Å². The van der Waals surface area contributed by atoms with Crippen molar-refractivity contribution in [3.8, 4) is 0 Å². The van der Waals surface area contributed by atoms with Crippen LogP contribution in [0.25, 0.3) is 0 Å². The molecule has 0 spiro atoms. The monoisotopic (exact) mass is 326 g/mol. The molecule has 0 aliphatic carbocycles. The molecule has 23 heavy (non-hydrogen) atoms. The first-order chi connectivity index (χ1) is 11.1. The quantitative estimate of drug-likeness (QED) is 0.272. The van der Waals surface area contributed by atoms with Crippen LogP contribution in [-0.4, -0.2) is 10.7 Å². The van der Waals surface area contributed by atoms with E-state index < -0.39 is 5.60 Å². The van der Waals surface area contributed by atoms with E-state index in [9.17, 15) is 5.11 Å². The predicted molar refractivity (Wildman–Crippen MR) is 105 cm³/mol. The fourth-order valence-corrected chi connectivity index (χ4v) is 3.62. The van der Waals surface area contributed by atoms with Gasteiger partial charge in [0.1, 0.15) is 0 Å². The summed E-state index contributed by atoms with van der Waals surface area (Å²) in [5.74, 6) is 0.721. The van der Waals surface area contributed by atoms with E-state index in [0.29, 0.717) is 0 Å². The Morgan fingerprint density at radius 3 is 1.48 bits per heavy atom. The molecule has 0 saturated carbocycles. The second kappa shape index (κ2) is 15.5. The SMILES string of the molecule is CCCCCCCCCCCCCC(CC)CC(O)(CC)CC. The highest BCUT2D eigenvalue weighted by Gasteiger charge is 2.25. The van der Waals surface area contributed by atoms with E-state index in [-0.39, 0.29) is 0 Å². The first-order valence-corrected chi connectivity index (χ1v) is 10.8. The minimum absolute atomic E-state index is 0.404. The molecule has 0 aromatic carbocycles. The van der Waals surface area contributed by atoms with Gasteiger partial charge in [-0.1, -0.05) is 111 Å². The van der Waals surface area contributed by atoms with Crippen molar-refractivity contribution in [3.63, 3.8) is 0 Å². The fraction of sp³-hybridized carbons (Fsp3) is 1.00. The third-order valence-electron chi connectivity index (χ3n) is 5.78. The molecule has 0 amide bonds. The van der Waals surface area contributed by atoms with E-state index >= 15 is 0 Å². The third-order valence-corrected chi connectivity index (χ3v) is 5.78. The lowest BCUT2D eigenvalue weighted by Gasteiger charge is -2.29. The molecule has 0 fully saturated rings. The van der Waals surface area contributed by atoms with Crippen molar-refractivity contribution in [2.24, 2.45) is 5.92 Å². The second-order valence-electron chi connectivity index (χ2n) is 7.73. The molecule has 0 bridgehead atoms. The van der Waals surface area contributed by atoms with Gasteiger partial charge in [0.15, 0.2) is 0 Å². The van der Waals surface area contributed by atoms with Crippen LogP contribution in [0.1, 0.15) is 130 Å². The van der Waals surface area contributed by atoms with Crippen LogP contribution >= 0.6 is 0 Å². The second-order valence-corrected chi connectivity index (χ2v) is 7.73. The van der Waals surface area contributed by atoms with Crippen LogP contribution in [0.15, 0.2) is 0 Å². The lowest BCUT2D eigenvalue weighted by atomic mass is 9.82. The average molecular weight is 327 g/mol. The predicted octanol–water partition coefficient (Wildman–Crippen LogP) is 7.65. The molecule has 0 aliphatic rings. The standard InChI is InChI=1S/C22H46O/c1-5-9-10-11-12-13-14-15-16-17-18-19-21(6-2)20-22(23,7-3)8-4/h21,23H,5-20H2,1-4H3. The molecule has 0 rings (SSSR count).